The molecule has 3 N–H and O–H groups in total. The lowest BCUT2D eigenvalue weighted by Crippen LogP contribution is -2.49. The molecule has 4 unspecified atom stereocenters. The Kier molecular flexibility index (Phi) is 5.99. The van der Waals surface area contributed by atoms with E-state index in [4.69, 9.17) is 5.10 Å². The van der Waals surface area contributed by atoms with Crippen LogP contribution >= 0.6 is 11.3 Å². The molecule has 6 rings (SSSR count). The molecule has 0 saturated carbocycles. The van der Waals surface area contributed by atoms with Crippen LogP contribution in [0.5, 0.6) is 0 Å². The molecule has 0 aliphatic carbocycles. The SMILES string of the molecule is OC(C1CCCNC1)C(O)C1CCCN(c2ccc3ncc(-c4cc5ccccc5s4)n3n2)C1. The maximum atomic E-state index is 11.0. The second-order valence-corrected chi connectivity index (χ2v) is 10.8. The van der Waals surface area contributed by atoms with Crippen molar-refractivity contribution in [1.29, 1.82) is 0 Å². The summed E-state index contributed by atoms with van der Waals surface area (Å²) in [6.07, 6.45) is 4.44. The molecule has 4 aromatic rings. The van der Waals surface area contributed by atoms with E-state index < -0.39 is 12.2 Å². The van der Waals surface area contributed by atoms with E-state index in [-0.39, 0.29) is 11.8 Å². The minimum absolute atomic E-state index is 0.0352. The molecule has 2 aliphatic heterocycles. The van der Waals surface area contributed by atoms with Crippen molar-refractivity contribution in [1.82, 2.24) is 19.9 Å². The summed E-state index contributed by atoms with van der Waals surface area (Å²) in [6.45, 7) is 3.38. The average molecular weight is 478 g/mol. The monoisotopic (exact) mass is 477 g/mol. The lowest BCUT2D eigenvalue weighted by molar-refractivity contribution is -0.0545. The van der Waals surface area contributed by atoms with E-state index in [0.29, 0.717) is 6.54 Å². The van der Waals surface area contributed by atoms with Crippen LogP contribution in [0, 0.1) is 11.8 Å². The van der Waals surface area contributed by atoms with Gasteiger partial charge < -0.3 is 20.4 Å². The van der Waals surface area contributed by atoms with Crippen LogP contribution in [-0.4, -0.2) is 63.2 Å². The molecule has 4 atom stereocenters. The topological polar surface area (TPSA) is 85.9 Å². The number of aliphatic hydroxyl groups is 2. The van der Waals surface area contributed by atoms with E-state index in [1.165, 1.54) is 10.1 Å². The maximum absolute atomic E-state index is 11.0. The molecule has 1 aromatic carbocycles. The summed E-state index contributed by atoms with van der Waals surface area (Å²) in [5.41, 5.74) is 1.82. The van der Waals surface area contributed by atoms with Crippen molar-refractivity contribution in [3.8, 4) is 10.6 Å². The number of nitrogens with one attached hydrogen (secondary N) is 1. The van der Waals surface area contributed by atoms with Crippen LogP contribution in [0.1, 0.15) is 25.7 Å². The molecule has 3 aromatic heterocycles. The number of rotatable bonds is 5. The van der Waals surface area contributed by atoms with E-state index in [0.717, 1.165) is 67.4 Å². The number of anilines is 1. The first-order chi connectivity index (χ1) is 16.7. The Morgan fingerprint density at radius 2 is 1.88 bits per heavy atom. The van der Waals surface area contributed by atoms with Crippen LogP contribution in [0.3, 0.4) is 0 Å². The van der Waals surface area contributed by atoms with Crippen molar-refractivity contribution < 1.29 is 10.2 Å². The van der Waals surface area contributed by atoms with Crippen molar-refractivity contribution in [3.05, 3.63) is 48.7 Å². The number of benzene rings is 1. The maximum Gasteiger partial charge on any atom is 0.154 e. The Bertz CT molecular complexity index is 1250. The van der Waals surface area contributed by atoms with Crippen LogP contribution in [0.25, 0.3) is 26.3 Å². The Morgan fingerprint density at radius 1 is 1.03 bits per heavy atom. The van der Waals surface area contributed by atoms with Crippen molar-refractivity contribution >= 4 is 32.9 Å². The van der Waals surface area contributed by atoms with E-state index >= 15 is 0 Å². The van der Waals surface area contributed by atoms with Gasteiger partial charge in [-0.3, -0.25) is 0 Å². The number of imidazole rings is 1. The zero-order valence-corrected chi connectivity index (χ0v) is 20.0. The second-order valence-electron chi connectivity index (χ2n) is 9.69. The molecule has 0 radical (unpaired) electrons. The van der Waals surface area contributed by atoms with Crippen molar-refractivity contribution in [2.75, 3.05) is 31.1 Å². The zero-order valence-electron chi connectivity index (χ0n) is 19.2. The Hall–Kier alpha value is -2.52. The summed E-state index contributed by atoms with van der Waals surface area (Å²) in [5, 5.41) is 31.4. The highest BCUT2D eigenvalue weighted by atomic mass is 32.1. The van der Waals surface area contributed by atoms with E-state index in [9.17, 15) is 10.2 Å². The highest BCUT2D eigenvalue weighted by Gasteiger charge is 2.35. The van der Waals surface area contributed by atoms with Gasteiger partial charge in [0.25, 0.3) is 0 Å². The number of fused-ring (bicyclic) bond motifs is 2. The third-order valence-electron chi connectivity index (χ3n) is 7.46. The van der Waals surface area contributed by atoms with Gasteiger partial charge in [0.15, 0.2) is 5.65 Å². The van der Waals surface area contributed by atoms with Gasteiger partial charge in [-0.05, 0) is 67.8 Å². The fourth-order valence-electron chi connectivity index (χ4n) is 5.53. The molecule has 5 heterocycles. The summed E-state index contributed by atoms with van der Waals surface area (Å²) < 4.78 is 3.19. The van der Waals surface area contributed by atoms with E-state index in [2.05, 4.69) is 45.5 Å². The summed E-state index contributed by atoms with van der Waals surface area (Å²) in [4.78, 5) is 7.97. The largest absolute Gasteiger partial charge is 0.390 e. The molecule has 34 heavy (non-hydrogen) atoms. The number of hydrogen-bond acceptors (Lipinski definition) is 7. The van der Waals surface area contributed by atoms with Gasteiger partial charge >= 0.3 is 0 Å². The summed E-state index contributed by atoms with van der Waals surface area (Å²) in [7, 11) is 0. The first-order valence-electron chi connectivity index (χ1n) is 12.3. The molecule has 7 nitrogen and oxygen atoms in total. The number of hydrogen-bond donors (Lipinski definition) is 3. The van der Waals surface area contributed by atoms with E-state index in [1.54, 1.807) is 11.3 Å². The highest BCUT2D eigenvalue weighted by molar-refractivity contribution is 7.22. The molecule has 2 saturated heterocycles. The number of nitrogens with zero attached hydrogens (tertiary/aromatic N) is 4. The van der Waals surface area contributed by atoms with Gasteiger partial charge in [-0.15, -0.1) is 16.4 Å². The van der Waals surface area contributed by atoms with Gasteiger partial charge in [-0.25, -0.2) is 9.50 Å². The molecule has 0 bridgehead atoms. The summed E-state index contributed by atoms with van der Waals surface area (Å²) in [6, 6.07) is 14.6. The standard InChI is InChI=1S/C26H31N5O2S/c32-25(18-6-3-11-27-14-18)26(33)19-7-4-12-30(16-19)24-10-9-23-28-15-20(31(23)29-24)22-13-17-5-1-2-8-21(17)34-22/h1-2,5,8-10,13,15,18-19,25-27,32-33H,3-4,6-7,11-12,14,16H2. The predicted molar refractivity (Wildman–Crippen MR) is 136 cm³/mol. The van der Waals surface area contributed by atoms with Crippen LogP contribution in [0.15, 0.2) is 48.7 Å². The van der Waals surface area contributed by atoms with Gasteiger partial charge in [-0.1, -0.05) is 18.2 Å². The molecule has 8 heteroatoms. The minimum atomic E-state index is -0.709. The average Bonchev–Trinajstić information content (AvgIpc) is 3.52. The van der Waals surface area contributed by atoms with Gasteiger partial charge in [0, 0.05) is 30.3 Å². The quantitative estimate of drug-likeness (QED) is 0.408. The molecule has 0 amide bonds. The number of aromatic nitrogens is 3. The lowest BCUT2D eigenvalue weighted by atomic mass is 9.82. The van der Waals surface area contributed by atoms with E-state index in [1.807, 2.05) is 22.8 Å². The third-order valence-corrected chi connectivity index (χ3v) is 8.60. The minimum Gasteiger partial charge on any atom is -0.390 e. The van der Waals surface area contributed by atoms with Crippen molar-refractivity contribution in [2.45, 2.75) is 37.9 Å². The van der Waals surface area contributed by atoms with Gasteiger partial charge in [0.05, 0.1) is 23.3 Å². The van der Waals surface area contributed by atoms with Gasteiger partial charge in [-0.2, -0.15) is 0 Å². The van der Waals surface area contributed by atoms with Gasteiger partial charge in [0.2, 0.25) is 0 Å². The smallest absolute Gasteiger partial charge is 0.154 e. The molecular weight excluding hydrogens is 446 g/mol. The van der Waals surface area contributed by atoms with Crippen LogP contribution < -0.4 is 10.2 Å². The second kappa shape index (κ2) is 9.26. The zero-order chi connectivity index (χ0) is 23.1. The van der Waals surface area contributed by atoms with Crippen LogP contribution in [0.2, 0.25) is 0 Å². The Labute approximate surface area is 203 Å². The molecule has 2 fully saturated rings. The third kappa shape index (κ3) is 4.09. The Balaban J connectivity index is 1.24. The molecule has 178 valence electrons. The highest BCUT2D eigenvalue weighted by Crippen LogP contribution is 2.34. The van der Waals surface area contributed by atoms with Crippen LogP contribution in [-0.2, 0) is 0 Å². The number of aliphatic hydroxyl groups excluding tert-OH is 2. The number of piperidine rings is 2. The van der Waals surface area contributed by atoms with Crippen molar-refractivity contribution in [2.24, 2.45) is 11.8 Å². The Morgan fingerprint density at radius 3 is 2.74 bits per heavy atom. The molecular formula is C26H31N5O2S. The lowest BCUT2D eigenvalue weighted by Gasteiger charge is -2.39. The molecule has 0 spiro atoms. The first-order valence-corrected chi connectivity index (χ1v) is 13.1. The van der Waals surface area contributed by atoms with Crippen molar-refractivity contribution in [3.63, 3.8) is 0 Å². The van der Waals surface area contributed by atoms with Gasteiger partial charge in [0.1, 0.15) is 11.5 Å². The number of thiophene rings is 1. The van der Waals surface area contributed by atoms with Crippen LogP contribution in [0.4, 0.5) is 5.82 Å². The summed E-state index contributed by atoms with van der Waals surface area (Å²) >= 11 is 1.75. The fraction of sp³-hybridized carbons (Fsp3) is 0.462. The normalized spacial score (nSPS) is 23.4. The molecule has 2 aliphatic rings. The predicted octanol–water partition coefficient (Wildman–Crippen LogP) is 3.55. The first kappa shape index (κ1) is 22.0. The summed E-state index contributed by atoms with van der Waals surface area (Å²) in [5.74, 6) is 1.05. The fourth-order valence-corrected chi connectivity index (χ4v) is 6.59.